The summed E-state index contributed by atoms with van der Waals surface area (Å²) < 4.78 is 16.9. The van der Waals surface area contributed by atoms with Crippen LogP contribution in [-0.2, 0) is 0 Å². The molecule has 2 aliphatic heterocycles. The van der Waals surface area contributed by atoms with Crippen LogP contribution in [0.25, 0.3) is 0 Å². The highest BCUT2D eigenvalue weighted by atomic mass is 32.2. The van der Waals surface area contributed by atoms with Gasteiger partial charge in [-0.2, -0.15) is 11.8 Å². The summed E-state index contributed by atoms with van der Waals surface area (Å²) in [5.41, 5.74) is 1.89. The highest BCUT2D eigenvalue weighted by Gasteiger charge is 2.19. The maximum atomic E-state index is 5.83. The van der Waals surface area contributed by atoms with Crippen molar-refractivity contribution in [2.75, 3.05) is 24.7 Å². The van der Waals surface area contributed by atoms with E-state index in [0.717, 1.165) is 40.0 Å². The molecule has 0 atom stereocenters. The van der Waals surface area contributed by atoms with Crippen molar-refractivity contribution in [3.8, 4) is 17.2 Å². The molecule has 118 valence electrons. The van der Waals surface area contributed by atoms with Crippen LogP contribution >= 0.6 is 11.8 Å². The molecule has 5 heteroatoms. The van der Waals surface area contributed by atoms with E-state index in [9.17, 15) is 0 Å². The van der Waals surface area contributed by atoms with Gasteiger partial charge in [-0.1, -0.05) is 0 Å². The number of hydrogen-bond donors (Lipinski definition) is 0. The second-order valence-electron chi connectivity index (χ2n) is 5.43. The van der Waals surface area contributed by atoms with E-state index in [1.54, 1.807) is 0 Å². The number of hydrogen-bond acceptors (Lipinski definition) is 5. The average molecular weight is 327 g/mol. The summed E-state index contributed by atoms with van der Waals surface area (Å²) >= 11 is 1.92. The predicted octanol–water partition coefficient (Wildman–Crippen LogP) is 3.70. The highest BCUT2D eigenvalue weighted by Crippen LogP contribution is 2.33. The fourth-order valence-electron chi connectivity index (χ4n) is 2.37. The lowest BCUT2D eigenvalue weighted by atomic mass is 10.2. The molecule has 0 amide bonds. The fourth-order valence-corrected chi connectivity index (χ4v) is 2.93. The van der Waals surface area contributed by atoms with Crippen LogP contribution in [0.4, 0.5) is 5.69 Å². The molecule has 4 nitrogen and oxygen atoms in total. The van der Waals surface area contributed by atoms with E-state index in [1.807, 2.05) is 60.4 Å². The third-order valence-corrected chi connectivity index (χ3v) is 4.89. The van der Waals surface area contributed by atoms with E-state index in [-0.39, 0.29) is 0 Å². The molecule has 2 heterocycles. The summed E-state index contributed by atoms with van der Waals surface area (Å²) in [4.78, 5) is 4.50. The molecular formula is C18H17NO3S. The van der Waals surface area contributed by atoms with Crippen LogP contribution < -0.4 is 14.2 Å². The summed E-state index contributed by atoms with van der Waals surface area (Å²) in [6.07, 6.45) is 2.21. The van der Waals surface area contributed by atoms with Gasteiger partial charge in [0, 0.05) is 23.8 Å². The highest BCUT2D eigenvalue weighted by molar-refractivity contribution is 8.00. The zero-order chi connectivity index (χ0) is 15.5. The summed E-state index contributed by atoms with van der Waals surface area (Å²) in [6.45, 7) is 1.19. The topological polar surface area (TPSA) is 40.0 Å². The molecule has 0 aliphatic carbocycles. The standard InChI is InChI=1S/C18H17NO3S/c1-4-15(22-16-11-23-12-16)5-2-13(1)10-19-14-3-6-17-18(9-14)21-8-7-20-17/h1-6,9-10,16H,7-8,11-12H2. The molecule has 0 aromatic heterocycles. The van der Waals surface area contributed by atoms with Crippen molar-refractivity contribution in [2.24, 2.45) is 4.99 Å². The molecule has 0 N–H and O–H groups in total. The lowest BCUT2D eigenvalue weighted by molar-refractivity contribution is 0.171. The number of thioether (sulfide) groups is 1. The molecule has 2 aliphatic rings. The van der Waals surface area contributed by atoms with Gasteiger partial charge in [0.05, 0.1) is 5.69 Å². The summed E-state index contributed by atoms with van der Waals surface area (Å²) in [5.74, 6) is 4.64. The summed E-state index contributed by atoms with van der Waals surface area (Å²) in [7, 11) is 0. The van der Waals surface area contributed by atoms with Gasteiger partial charge in [0.2, 0.25) is 0 Å². The van der Waals surface area contributed by atoms with Crippen LogP contribution in [0.2, 0.25) is 0 Å². The van der Waals surface area contributed by atoms with Crippen molar-refractivity contribution in [1.82, 2.24) is 0 Å². The van der Waals surface area contributed by atoms with Crippen molar-refractivity contribution in [1.29, 1.82) is 0 Å². The van der Waals surface area contributed by atoms with Gasteiger partial charge in [-0.05, 0) is 42.0 Å². The quantitative estimate of drug-likeness (QED) is 0.803. The van der Waals surface area contributed by atoms with Crippen molar-refractivity contribution in [2.45, 2.75) is 6.10 Å². The van der Waals surface area contributed by atoms with Crippen LogP contribution in [0.1, 0.15) is 5.56 Å². The molecule has 23 heavy (non-hydrogen) atoms. The Kier molecular flexibility index (Phi) is 4.11. The van der Waals surface area contributed by atoms with Gasteiger partial charge in [-0.3, -0.25) is 4.99 Å². The van der Waals surface area contributed by atoms with Gasteiger partial charge in [0.1, 0.15) is 25.1 Å². The second-order valence-corrected chi connectivity index (χ2v) is 6.51. The molecule has 0 saturated carbocycles. The van der Waals surface area contributed by atoms with Gasteiger partial charge < -0.3 is 14.2 Å². The zero-order valence-corrected chi connectivity index (χ0v) is 13.4. The van der Waals surface area contributed by atoms with E-state index in [0.29, 0.717) is 19.3 Å². The number of rotatable bonds is 4. The Morgan fingerprint density at radius 2 is 1.78 bits per heavy atom. The number of benzene rings is 2. The largest absolute Gasteiger partial charge is 0.489 e. The number of aliphatic imine (C=N–C) groups is 1. The van der Waals surface area contributed by atoms with Gasteiger partial charge in [0.25, 0.3) is 0 Å². The number of nitrogens with zero attached hydrogens (tertiary/aromatic N) is 1. The molecule has 1 saturated heterocycles. The molecular weight excluding hydrogens is 310 g/mol. The zero-order valence-electron chi connectivity index (χ0n) is 12.6. The first-order valence-electron chi connectivity index (χ1n) is 7.65. The summed E-state index contributed by atoms with van der Waals surface area (Å²) in [6, 6.07) is 13.7. The fraction of sp³-hybridized carbons (Fsp3) is 0.278. The maximum absolute atomic E-state index is 5.83. The molecule has 0 unspecified atom stereocenters. The lowest BCUT2D eigenvalue weighted by Crippen LogP contribution is -2.30. The normalized spacial score (nSPS) is 17.0. The van der Waals surface area contributed by atoms with Gasteiger partial charge in [0.15, 0.2) is 11.5 Å². The number of fused-ring (bicyclic) bond motifs is 1. The molecule has 4 rings (SSSR count). The lowest BCUT2D eigenvalue weighted by Gasteiger charge is -2.25. The van der Waals surface area contributed by atoms with Crippen molar-refractivity contribution in [3.63, 3.8) is 0 Å². The second kappa shape index (κ2) is 6.54. The van der Waals surface area contributed by atoms with Crippen molar-refractivity contribution in [3.05, 3.63) is 48.0 Å². The van der Waals surface area contributed by atoms with Crippen LogP contribution in [0, 0.1) is 0 Å². The minimum atomic E-state index is 0.372. The van der Waals surface area contributed by atoms with Crippen molar-refractivity contribution >= 4 is 23.7 Å². The minimum Gasteiger partial charge on any atom is -0.489 e. The van der Waals surface area contributed by atoms with Crippen LogP contribution in [0.15, 0.2) is 47.5 Å². The molecule has 2 aromatic carbocycles. The first kappa shape index (κ1) is 14.5. The average Bonchev–Trinajstić information content (AvgIpc) is 2.57. The van der Waals surface area contributed by atoms with Crippen molar-refractivity contribution < 1.29 is 14.2 Å². The van der Waals surface area contributed by atoms with E-state index in [2.05, 4.69) is 4.99 Å². The van der Waals surface area contributed by atoms with E-state index in [4.69, 9.17) is 14.2 Å². The maximum Gasteiger partial charge on any atom is 0.163 e. The first-order chi connectivity index (χ1) is 11.4. The third-order valence-electron chi connectivity index (χ3n) is 3.68. The molecule has 2 aromatic rings. The molecule has 1 fully saturated rings. The third kappa shape index (κ3) is 3.45. The molecule has 0 radical (unpaired) electrons. The Morgan fingerprint density at radius 3 is 2.52 bits per heavy atom. The van der Waals surface area contributed by atoms with E-state index < -0.39 is 0 Å². The van der Waals surface area contributed by atoms with Crippen LogP contribution in [-0.4, -0.2) is 37.0 Å². The van der Waals surface area contributed by atoms with Gasteiger partial charge in [-0.25, -0.2) is 0 Å². The SMILES string of the molecule is C(=Nc1ccc2c(c1)OCCO2)c1ccc(OC2CSC2)cc1. The molecule has 0 spiro atoms. The van der Waals surface area contributed by atoms with E-state index >= 15 is 0 Å². The van der Waals surface area contributed by atoms with Gasteiger partial charge in [-0.15, -0.1) is 0 Å². The minimum absolute atomic E-state index is 0.372. The Hall–Kier alpha value is -2.14. The Balaban J connectivity index is 1.43. The van der Waals surface area contributed by atoms with Gasteiger partial charge >= 0.3 is 0 Å². The summed E-state index contributed by atoms with van der Waals surface area (Å²) in [5, 5.41) is 0. The first-order valence-corrected chi connectivity index (χ1v) is 8.80. The van der Waals surface area contributed by atoms with Crippen LogP contribution in [0.5, 0.6) is 17.2 Å². The smallest absolute Gasteiger partial charge is 0.163 e. The van der Waals surface area contributed by atoms with E-state index in [1.165, 1.54) is 0 Å². The Labute approximate surface area is 139 Å². The number of ether oxygens (including phenoxy) is 3. The monoisotopic (exact) mass is 327 g/mol. The Morgan fingerprint density at radius 1 is 1.00 bits per heavy atom. The predicted molar refractivity (Wildman–Crippen MR) is 92.9 cm³/mol. The Bertz CT molecular complexity index is 711. The molecule has 0 bridgehead atoms. The van der Waals surface area contributed by atoms with Crippen LogP contribution in [0.3, 0.4) is 0 Å².